The van der Waals surface area contributed by atoms with Gasteiger partial charge in [-0.05, 0) is 48.9 Å². The van der Waals surface area contributed by atoms with Crippen LogP contribution in [0.15, 0.2) is 46.2 Å². The van der Waals surface area contributed by atoms with Gasteiger partial charge < -0.3 is 14.4 Å². The van der Waals surface area contributed by atoms with E-state index in [0.717, 1.165) is 0 Å². The minimum absolute atomic E-state index is 0.0464. The number of hydrogen-bond acceptors (Lipinski definition) is 6. The molecule has 0 heterocycles. The van der Waals surface area contributed by atoms with E-state index in [4.69, 9.17) is 32.7 Å². The first-order valence-electron chi connectivity index (χ1n) is 9.01. The van der Waals surface area contributed by atoms with Gasteiger partial charge in [0.25, 0.3) is 5.91 Å². The van der Waals surface area contributed by atoms with E-state index in [2.05, 4.69) is 0 Å². The molecule has 0 bridgehead atoms. The van der Waals surface area contributed by atoms with Crippen molar-refractivity contribution in [2.24, 2.45) is 0 Å². The zero-order valence-corrected chi connectivity index (χ0v) is 19.4. The van der Waals surface area contributed by atoms with E-state index in [9.17, 15) is 18.5 Å². The number of carbonyl (C=O) groups is 1. The smallest absolute Gasteiger partial charge is 0.259 e. The molecule has 0 unspecified atom stereocenters. The topological polar surface area (TPSA) is 96.7 Å². The molecular weight excluding hydrogens is 463 g/mol. The molecule has 2 rings (SSSR count). The van der Waals surface area contributed by atoms with Crippen LogP contribution in [0.2, 0.25) is 10.0 Å². The standard InChI is InChI=1S/C21H20Cl2N2O5S/c1-4-29-19-10-14(5-8-18(19)30-13-21(26)25(2)3)9-16(12-24)31(27,28)20-11-15(22)6-7-17(20)23/h5-11H,4,13H2,1-3H3/b16-9+. The first kappa shape index (κ1) is 24.5. The number of carbonyl (C=O) groups excluding carboxylic acids is 1. The van der Waals surface area contributed by atoms with Crippen molar-refractivity contribution in [2.75, 3.05) is 27.3 Å². The summed E-state index contributed by atoms with van der Waals surface area (Å²) < 4.78 is 36.9. The van der Waals surface area contributed by atoms with Crippen molar-refractivity contribution in [3.8, 4) is 17.6 Å². The number of sulfone groups is 1. The highest BCUT2D eigenvalue weighted by Crippen LogP contribution is 2.32. The number of nitriles is 1. The summed E-state index contributed by atoms with van der Waals surface area (Å²) in [6, 6.07) is 10.3. The maximum Gasteiger partial charge on any atom is 0.259 e. The molecule has 164 valence electrons. The van der Waals surface area contributed by atoms with Crippen molar-refractivity contribution in [1.29, 1.82) is 5.26 Å². The molecule has 0 aliphatic carbocycles. The number of allylic oxidation sites excluding steroid dienone is 1. The Morgan fingerprint density at radius 3 is 2.45 bits per heavy atom. The molecule has 0 N–H and O–H groups in total. The van der Waals surface area contributed by atoms with Gasteiger partial charge in [-0.25, -0.2) is 8.42 Å². The average molecular weight is 483 g/mol. The van der Waals surface area contributed by atoms with Crippen LogP contribution in [0, 0.1) is 11.3 Å². The van der Waals surface area contributed by atoms with Crippen LogP contribution in [0.5, 0.6) is 11.5 Å². The third-order valence-electron chi connectivity index (χ3n) is 4.00. The molecule has 10 heteroatoms. The zero-order valence-electron chi connectivity index (χ0n) is 17.1. The maximum absolute atomic E-state index is 12.9. The summed E-state index contributed by atoms with van der Waals surface area (Å²) in [4.78, 5) is 12.4. The Hall–Kier alpha value is -2.73. The number of amides is 1. The van der Waals surface area contributed by atoms with E-state index < -0.39 is 14.7 Å². The SMILES string of the molecule is CCOc1cc(/C=C(\C#N)S(=O)(=O)c2cc(Cl)ccc2Cl)ccc1OCC(=O)N(C)C. The van der Waals surface area contributed by atoms with Crippen LogP contribution in [0.25, 0.3) is 6.08 Å². The lowest BCUT2D eigenvalue weighted by atomic mass is 10.2. The lowest BCUT2D eigenvalue weighted by Gasteiger charge is -2.14. The summed E-state index contributed by atoms with van der Waals surface area (Å²) in [5, 5.41) is 9.62. The number of rotatable bonds is 8. The Balaban J connectivity index is 2.44. The van der Waals surface area contributed by atoms with Crippen molar-refractivity contribution >= 4 is 45.0 Å². The Bertz CT molecular complexity index is 1150. The second-order valence-electron chi connectivity index (χ2n) is 6.41. The van der Waals surface area contributed by atoms with E-state index in [0.29, 0.717) is 23.7 Å². The summed E-state index contributed by atoms with van der Waals surface area (Å²) in [6.07, 6.45) is 1.20. The number of benzene rings is 2. The molecule has 0 saturated heterocycles. The fourth-order valence-corrected chi connectivity index (χ4v) is 4.31. The van der Waals surface area contributed by atoms with Gasteiger partial charge in [0.15, 0.2) is 18.1 Å². The highest BCUT2D eigenvalue weighted by Gasteiger charge is 2.24. The number of halogens is 2. The molecule has 0 fully saturated rings. The fraction of sp³-hybridized carbons (Fsp3) is 0.238. The van der Waals surface area contributed by atoms with Gasteiger partial charge >= 0.3 is 0 Å². The molecule has 0 saturated carbocycles. The van der Waals surface area contributed by atoms with Crippen LogP contribution < -0.4 is 9.47 Å². The lowest BCUT2D eigenvalue weighted by Crippen LogP contribution is -2.27. The third-order valence-corrected chi connectivity index (χ3v) is 6.38. The van der Waals surface area contributed by atoms with Crippen molar-refractivity contribution in [3.05, 3.63) is 56.9 Å². The molecule has 7 nitrogen and oxygen atoms in total. The predicted octanol–water partition coefficient (Wildman–Crippen LogP) is 4.20. The van der Waals surface area contributed by atoms with E-state index in [-0.39, 0.29) is 27.5 Å². The van der Waals surface area contributed by atoms with Gasteiger partial charge in [0.2, 0.25) is 9.84 Å². The number of hydrogen-bond donors (Lipinski definition) is 0. The van der Waals surface area contributed by atoms with Crippen molar-refractivity contribution < 1.29 is 22.7 Å². The Kier molecular flexibility index (Phi) is 8.34. The summed E-state index contributed by atoms with van der Waals surface area (Å²) in [7, 11) is -0.987. The molecule has 0 radical (unpaired) electrons. The van der Waals surface area contributed by atoms with Gasteiger partial charge in [-0.3, -0.25) is 4.79 Å². The van der Waals surface area contributed by atoms with E-state index >= 15 is 0 Å². The first-order valence-corrected chi connectivity index (χ1v) is 11.3. The van der Waals surface area contributed by atoms with Crippen LogP contribution in [0.3, 0.4) is 0 Å². The minimum Gasteiger partial charge on any atom is -0.490 e. The molecule has 0 atom stereocenters. The molecule has 0 aromatic heterocycles. The summed E-state index contributed by atoms with van der Waals surface area (Å²) in [5.74, 6) is 0.384. The molecule has 31 heavy (non-hydrogen) atoms. The van der Waals surface area contributed by atoms with Gasteiger partial charge in [0.05, 0.1) is 16.5 Å². The first-order chi connectivity index (χ1) is 14.6. The minimum atomic E-state index is -4.21. The van der Waals surface area contributed by atoms with Crippen molar-refractivity contribution in [1.82, 2.24) is 4.90 Å². The summed E-state index contributed by atoms with van der Waals surface area (Å²) in [6.45, 7) is 1.89. The lowest BCUT2D eigenvalue weighted by molar-refractivity contribution is -0.130. The zero-order chi connectivity index (χ0) is 23.2. The van der Waals surface area contributed by atoms with Crippen LogP contribution >= 0.6 is 23.2 Å². The Morgan fingerprint density at radius 2 is 1.84 bits per heavy atom. The second kappa shape index (κ2) is 10.5. The van der Waals surface area contributed by atoms with Gasteiger partial charge in [0.1, 0.15) is 11.0 Å². The highest BCUT2D eigenvalue weighted by molar-refractivity contribution is 7.95. The quantitative estimate of drug-likeness (QED) is 0.523. The number of likely N-dealkylation sites (N-methyl/N-ethyl adjacent to an activating group) is 1. The predicted molar refractivity (Wildman–Crippen MR) is 119 cm³/mol. The Labute approximate surface area is 191 Å². The summed E-state index contributed by atoms with van der Waals surface area (Å²) in [5.41, 5.74) is 0.382. The molecular formula is C21H20Cl2N2O5S. The second-order valence-corrected chi connectivity index (χ2v) is 9.14. The van der Waals surface area contributed by atoms with Crippen molar-refractivity contribution in [3.63, 3.8) is 0 Å². The average Bonchev–Trinajstić information content (AvgIpc) is 2.72. The fourth-order valence-electron chi connectivity index (χ4n) is 2.39. The normalized spacial score (nSPS) is 11.5. The van der Waals surface area contributed by atoms with E-state index in [1.165, 1.54) is 41.3 Å². The monoisotopic (exact) mass is 482 g/mol. The molecule has 1 amide bonds. The van der Waals surface area contributed by atoms with Crippen LogP contribution in [0.1, 0.15) is 12.5 Å². The maximum atomic E-state index is 12.9. The van der Waals surface area contributed by atoms with Gasteiger partial charge in [0, 0.05) is 19.1 Å². The number of nitrogens with zero attached hydrogens (tertiary/aromatic N) is 2. The molecule has 0 aliphatic heterocycles. The molecule has 2 aromatic carbocycles. The highest BCUT2D eigenvalue weighted by atomic mass is 35.5. The van der Waals surface area contributed by atoms with E-state index in [1.54, 1.807) is 33.2 Å². The van der Waals surface area contributed by atoms with Gasteiger partial charge in [-0.2, -0.15) is 5.26 Å². The molecule has 2 aromatic rings. The van der Waals surface area contributed by atoms with Crippen LogP contribution in [0.4, 0.5) is 0 Å². The molecule has 0 aliphatic rings. The van der Waals surface area contributed by atoms with Crippen LogP contribution in [-0.2, 0) is 14.6 Å². The number of ether oxygens (including phenoxy) is 2. The Morgan fingerprint density at radius 1 is 1.13 bits per heavy atom. The van der Waals surface area contributed by atoms with Crippen molar-refractivity contribution in [2.45, 2.75) is 11.8 Å². The van der Waals surface area contributed by atoms with Gasteiger partial charge in [-0.1, -0.05) is 29.3 Å². The summed E-state index contributed by atoms with van der Waals surface area (Å²) >= 11 is 11.9. The third kappa shape index (κ3) is 6.14. The largest absolute Gasteiger partial charge is 0.490 e. The van der Waals surface area contributed by atoms with Gasteiger partial charge in [-0.15, -0.1) is 0 Å². The molecule has 0 spiro atoms. The van der Waals surface area contributed by atoms with E-state index in [1.807, 2.05) is 0 Å². The van der Waals surface area contributed by atoms with Crippen LogP contribution in [-0.4, -0.2) is 46.5 Å².